The molecule has 0 bridgehead atoms. The van der Waals surface area contributed by atoms with Crippen molar-refractivity contribution < 1.29 is 19.4 Å². The molecule has 6 heteroatoms. The molecule has 1 aromatic rings. The highest BCUT2D eigenvalue weighted by atomic mass is 16.5. The van der Waals surface area contributed by atoms with Gasteiger partial charge in [0.1, 0.15) is 5.75 Å². The van der Waals surface area contributed by atoms with Crippen LogP contribution in [0.15, 0.2) is 24.3 Å². The van der Waals surface area contributed by atoms with Gasteiger partial charge in [0, 0.05) is 0 Å². The Kier molecular flexibility index (Phi) is 4.98. The number of amides is 2. The number of aliphatic carboxylic acids is 1. The summed E-state index contributed by atoms with van der Waals surface area (Å²) < 4.78 is 5.27. The molecule has 1 aromatic carbocycles. The molecule has 98 valence electrons. The molecule has 0 aromatic heterocycles. The van der Waals surface area contributed by atoms with Crippen molar-refractivity contribution in [2.24, 2.45) is 5.73 Å². The maximum atomic E-state index is 10.8. The summed E-state index contributed by atoms with van der Waals surface area (Å²) in [4.78, 5) is 21.5. The van der Waals surface area contributed by atoms with Crippen LogP contribution in [0.3, 0.4) is 0 Å². The van der Waals surface area contributed by atoms with Gasteiger partial charge < -0.3 is 20.9 Å². The van der Waals surface area contributed by atoms with E-state index in [4.69, 9.17) is 15.6 Å². The number of nitrogens with two attached hydrogens (primary N) is 1. The minimum atomic E-state index is -1.01. The molecule has 6 nitrogen and oxygen atoms in total. The molecule has 0 aliphatic heterocycles. The van der Waals surface area contributed by atoms with Crippen LogP contribution in [0.2, 0.25) is 0 Å². The van der Waals surface area contributed by atoms with Crippen molar-refractivity contribution in [1.29, 1.82) is 0 Å². The number of primary amides is 1. The van der Waals surface area contributed by atoms with Crippen LogP contribution in [0.5, 0.6) is 5.75 Å². The number of hydrogen-bond acceptors (Lipinski definition) is 3. The van der Waals surface area contributed by atoms with E-state index in [1.54, 1.807) is 24.3 Å². The topological polar surface area (TPSA) is 102 Å². The van der Waals surface area contributed by atoms with E-state index in [0.717, 1.165) is 0 Å². The number of carbonyl (C=O) groups excluding carboxylic acids is 1. The molecule has 0 saturated heterocycles. The number of carbonyl (C=O) groups is 2. The second-order valence-electron chi connectivity index (χ2n) is 3.66. The zero-order valence-corrected chi connectivity index (χ0v) is 10.1. The Balaban J connectivity index is 2.83. The van der Waals surface area contributed by atoms with E-state index < -0.39 is 18.0 Å². The van der Waals surface area contributed by atoms with Crippen LogP contribution < -0.4 is 15.8 Å². The molecule has 18 heavy (non-hydrogen) atoms. The summed E-state index contributed by atoms with van der Waals surface area (Å²) in [6.45, 7) is 2.42. The van der Waals surface area contributed by atoms with Gasteiger partial charge in [-0.1, -0.05) is 12.1 Å². The van der Waals surface area contributed by atoms with E-state index in [2.05, 4.69) is 5.32 Å². The summed E-state index contributed by atoms with van der Waals surface area (Å²) in [5, 5.41) is 11.2. The van der Waals surface area contributed by atoms with Crippen molar-refractivity contribution >= 4 is 12.0 Å². The number of nitrogens with one attached hydrogen (secondary N) is 1. The maximum Gasteiger partial charge on any atom is 0.312 e. The predicted octanol–water partition coefficient (Wildman–Crippen LogP) is 1.27. The lowest BCUT2D eigenvalue weighted by atomic mass is 10.0. The highest BCUT2D eigenvalue weighted by molar-refractivity contribution is 5.74. The molecule has 2 amide bonds. The third kappa shape index (κ3) is 4.32. The molecule has 1 unspecified atom stereocenters. The Morgan fingerprint density at radius 3 is 2.44 bits per heavy atom. The van der Waals surface area contributed by atoms with E-state index in [-0.39, 0.29) is 6.42 Å². The van der Waals surface area contributed by atoms with Crippen LogP contribution in [-0.4, -0.2) is 23.7 Å². The number of carboxylic acid groups (broad SMARTS) is 1. The van der Waals surface area contributed by atoms with Gasteiger partial charge in [-0.2, -0.15) is 0 Å². The number of urea groups is 1. The Bertz CT molecular complexity index is 401. The number of carboxylic acids is 1. The average Bonchev–Trinajstić information content (AvgIpc) is 2.28. The quantitative estimate of drug-likeness (QED) is 0.709. The highest BCUT2D eigenvalue weighted by Gasteiger charge is 2.16. The van der Waals surface area contributed by atoms with Crippen LogP contribution in [0.4, 0.5) is 4.79 Å². The van der Waals surface area contributed by atoms with Crippen LogP contribution in [0.25, 0.3) is 0 Å². The van der Waals surface area contributed by atoms with E-state index in [1.165, 1.54) is 0 Å². The summed E-state index contributed by atoms with van der Waals surface area (Å²) >= 11 is 0. The molecule has 0 fully saturated rings. The fraction of sp³-hybridized carbons (Fsp3) is 0.333. The first-order valence-corrected chi connectivity index (χ1v) is 5.53. The van der Waals surface area contributed by atoms with E-state index in [9.17, 15) is 9.59 Å². The van der Waals surface area contributed by atoms with Crippen molar-refractivity contribution in [2.45, 2.75) is 19.4 Å². The molecule has 1 atom stereocenters. The minimum absolute atomic E-state index is 0.225. The standard InChI is InChI=1S/C12H16N2O4/c1-2-18-9-5-3-8(4-6-9)10(7-11(15)16)14-12(13)17/h3-6,10H,2,7H2,1H3,(H,15,16)(H3,13,14,17). The molecule has 1 rings (SSSR count). The van der Waals surface area contributed by atoms with Gasteiger partial charge in [0.05, 0.1) is 19.1 Å². The van der Waals surface area contributed by atoms with Gasteiger partial charge in [-0.25, -0.2) is 4.79 Å². The molecule has 0 spiro atoms. The smallest absolute Gasteiger partial charge is 0.312 e. The molecule has 0 aliphatic rings. The maximum absolute atomic E-state index is 10.8. The van der Waals surface area contributed by atoms with Gasteiger partial charge in [-0.15, -0.1) is 0 Å². The van der Waals surface area contributed by atoms with Crippen molar-refractivity contribution in [2.75, 3.05) is 6.61 Å². The predicted molar refractivity (Wildman–Crippen MR) is 65.3 cm³/mol. The number of ether oxygens (including phenoxy) is 1. The molecular formula is C12H16N2O4. The zero-order chi connectivity index (χ0) is 13.5. The Hall–Kier alpha value is -2.24. The molecular weight excluding hydrogens is 236 g/mol. The van der Waals surface area contributed by atoms with Crippen LogP contribution in [0, 0.1) is 0 Å². The van der Waals surface area contributed by atoms with Crippen molar-refractivity contribution in [3.8, 4) is 5.75 Å². The van der Waals surface area contributed by atoms with Crippen molar-refractivity contribution in [3.63, 3.8) is 0 Å². The van der Waals surface area contributed by atoms with Crippen LogP contribution >= 0.6 is 0 Å². The average molecular weight is 252 g/mol. The molecule has 4 N–H and O–H groups in total. The number of benzene rings is 1. The molecule has 0 saturated carbocycles. The van der Waals surface area contributed by atoms with Crippen molar-refractivity contribution in [1.82, 2.24) is 5.32 Å². The number of rotatable bonds is 6. The lowest BCUT2D eigenvalue weighted by molar-refractivity contribution is -0.137. The lowest BCUT2D eigenvalue weighted by Crippen LogP contribution is -2.34. The summed E-state index contributed by atoms with van der Waals surface area (Å²) in [5.41, 5.74) is 5.68. The fourth-order valence-electron chi connectivity index (χ4n) is 1.56. The fourth-order valence-corrected chi connectivity index (χ4v) is 1.56. The molecule has 0 radical (unpaired) electrons. The summed E-state index contributed by atoms with van der Waals surface area (Å²) in [6.07, 6.45) is -0.225. The SMILES string of the molecule is CCOc1ccc(C(CC(=O)O)NC(N)=O)cc1. The lowest BCUT2D eigenvalue weighted by Gasteiger charge is -2.16. The second-order valence-corrected chi connectivity index (χ2v) is 3.66. The first-order valence-electron chi connectivity index (χ1n) is 5.53. The summed E-state index contributed by atoms with van der Waals surface area (Å²) in [5.74, 6) is -0.322. The highest BCUT2D eigenvalue weighted by Crippen LogP contribution is 2.20. The zero-order valence-electron chi connectivity index (χ0n) is 10.1. The van der Waals surface area contributed by atoms with E-state index >= 15 is 0 Å². The van der Waals surface area contributed by atoms with Gasteiger partial charge in [0.25, 0.3) is 0 Å². The van der Waals surface area contributed by atoms with Gasteiger partial charge >= 0.3 is 12.0 Å². The Morgan fingerprint density at radius 1 is 1.39 bits per heavy atom. The second kappa shape index (κ2) is 6.48. The van der Waals surface area contributed by atoms with E-state index in [1.807, 2.05) is 6.92 Å². The van der Waals surface area contributed by atoms with Crippen LogP contribution in [-0.2, 0) is 4.79 Å². The Labute approximate surface area is 105 Å². The number of hydrogen-bond donors (Lipinski definition) is 3. The summed E-state index contributed by atoms with van der Waals surface area (Å²) in [7, 11) is 0. The van der Waals surface area contributed by atoms with Gasteiger partial charge in [0.2, 0.25) is 0 Å². The minimum Gasteiger partial charge on any atom is -0.494 e. The van der Waals surface area contributed by atoms with Gasteiger partial charge in [-0.3, -0.25) is 4.79 Å². The van der Waals surface area contributed by atoms with E-state index in [0.29, 0.717) is 17.9 Å². The normalized spacial score (nSPS) is 11.6. The monoisotopic (exact) mass is 252 g/mol. The largest absolute Gasteiger partial charge is 0.494 e. The Morgan fingerprint density at radius 2 is 2.00 bits per heavy atom. The summed E-state index contributed by atoms with van der Waals surface area (Å²) in [6, 6.07) is 5.45. The van der Waals surface area contributed by atoms with Crippen LogP contribution in [0.1, 0.15) is 24.9 Å². The first kappa shape index (κ1) is 13.8. The third-order valence-electron chi connectivity index (χ3n) is 2.29. The van der Waals surface area contributed by atoms with Gasteiger partial charge in [0.15, 0.2) is 0 Å². The molecule has 0 aliphatic carbocycles. The molecule has 0 heterocycles. The third-order valence-corrected chi connectivity index (χ3v) is 2.29. The van der Waals surface area contributed by atoms with Gasteiger partial charge in [-0.05, 0) is 24.6 Å². The van der Waals surface area contributed by atoms with Crippen molar-refractivity contribution in [3.05, 3.63) is 29.8 Å². The first-order chi connectivity index (χ1) is 8.52.